The van der Waals surface area contributed by atoms with E-state index >= 15 is 0 Å². The third kappa shape index (κ3) is 5.22. The van der Waals surface area contributed by atoms with E-state index in [9.17, 15) is 8.78 Å². The van der Waals surface area contributed by atoms with E-state index in [1.54, 1.807) is 6.92 Å². The molecule has 2 unspecified atom stereocenters. The SMILES string of the molecule is CCC(CC(C(=N)c1cc(OC(F)F)cnc1C)c1ccc(CN)cc1)C1CCC1. The van der Waals surface area contributed by atoms with Crippen LogP contribution in [0.15, 0.2) is 36.5 Å². The number of hydrogen-bond donors (Lipinski definition) is 2. The number of aryl methyl sites for hydroxylation is 1. The van der Waals surface area contributed by atoms with E-state index in [0.29, 0.717) is 35.3 Å². The van der Waals surface area contributed by atoms with Gasteiger partial charge < -0.3 is 15.9 Å². The van der Waals surface area contributed by atoms with Crippen molar-refractivity contribution in [3.8, 4) is 5.75 Å². The van der Waals surface area contributed by atoms with E-state index < -0.39 is 6.61 Å². The molecule has 2 atom stereocenters. The average molecular weight is 416 g/mol. The summed E-state index contributed by atoms with van der Waals surface area (Å²) in [6.07, 6.45) is 7.01. The van der Waals surface area contributed by atoms with E-state index in [0.717, 1.165) is 24.0 Å². The lowest BCUT2D eigenvalue weighted by Gasteiger charge is -2.36. The van der Waals surface area contributed by atoms with Crippen LogP contribution < -0.4 is 10.5 Å². The molecule has 0 saturated heterocycles. The van der Waals surface area contributed by atoms with Crippen LogP contribution in [-0.4, -0.2) is 17.3 Å². The lowest BCUT2D eigenvalue weighted by atomic mass is 9.69. The monoisotopic (exact) mass is 415 g/mol. The molecule has 3 rings (SSSR count). The lowest BCUT2D eigenvalue weighted by Crippen LogP contribution is -2.26. The number of halogens is 2. The van der Waals surface area contributed by atoms with Gasteiger partial charge in [-0.05, 0) is 42.4 Å². The summed E-state index contributed by atoms with van der Waals surface area (Å²) in [5, 5.41) is 9.02. The molecular weight excluding hydrogens is 384 g/mol. The highest BCUT2D eigenvalue weighted by Crippen LogP contribution is 2.41. The molecule has 0 bridgehead atoms. The Kier molecular flexibility index (Phi) is 7.53. The Hall–Kier alpha value is -2.34. The molecular formula is C24H31F2N3O. The van der Waals surface area contributed by atoms with Gasteiger partial charge in [-0.1, -0.05) is 56.9 Å². The summed E-state index contributed by atoms with van der Waals surface area (Å²) >= 11 is 0. The summed E-state index contributed by atoms with van der Waals surface area (Å²) in [5.41, 5.74) is 9.44. The summed E-state index contributed by atoms with van der Waals surface area (Å²) in [4.78, 5) is 4.20. The number of aromatic nitrogens is 1. The maximum Gasteiger partial charge on any atom is 0.387 e. The highest BCUT2D eigenvalue weighted by atomic mass is 19.3. The second-order valence-electron chi connectivity index (χ2n) is 8.19. The molecule has 6 heteroatoms. The Morgan fingerprint density at radius 3 is 2.50 bits per heavy atom. The molecule has 0 radical (unpaired) electrons. The van der Waals surface area contributed by atoms with E-state index in [1.807, 2.05) is 24.3 Å². The molecule has 1 heterocycles. The lowest BCUT2D eigenvalue weighted by molar-refractivity contribution is -0.0501. The molecule has 1 aromatic heterocycles. The predicted octanol–water partition coefficient (Wildman–Crippen LogP) is 5.82. The maximum absolute atomic E-state index is 12.7. The molecule has 3 N–H and O–H groups in total. The zero-order valence-corrected chi connectivity index (χ0v) is 17.7. The Morgan fingerprint density at radius 1 is 1.27 bits per heavy atom. The van der Waals surface area contributed by atoms with Crippen molar-refractivity contribution in [1.82, 2.24) is 4.98 Å². The average Bonchev–Trinajstić information content (AvgIpc) is 2.70. The molecule has 1 aliphatic rings. The molecule has 0 aliphatic heterocycles. The minimum atomic E-state index is -2.92. The minimum Gasteiger partial charge on any atom is -0.433 e. The van der Waals surface area contributed by atoms with Crippen molar-refractivity contribution in [3.63, 3.8) is 0 Å². The quantitative estimate of drug-likeness (QED) is 0.480. The van der Waals surface area contributed by atoms with Gasteiger partial charge in [0.1, 0.15) is 5.75 Å². The molecule has 30 heavy (non-hydrogen) atoms. The van der Waals surface area contributed by atoms with Crippen molar-refractivity contribution in [2.45, 2.75) is 65.0 Å². The van der Waals surface area contributed by atoms with Crippen LogP contribution in [0.1, 0.15) is 67.3 Å². The summed E-state index contributed by atoms with van der Waals surface area (Å²) in [6, 6.07) is 9.60. The maximum atomic E-state index is 12.7. The highest BCUT2D eigenvalue weighted by Gasteiger charge is 2.31. The number of alkyl halides is 2. The van der Waals surface area contributed by atoms with Crippen LogP contribution in [0.3, 0.4) is 0 Å². The van der Waals surface area contributed by atoms with Gasteiger partial charge >= 0.3 is 6.61 Å². The molecule has 1 fully saturated rings. The number of benzene rings is 1. The van der Waals surface area contributed by atoms with Crippen LogP contribution >= 0.6 is 0 Å². The van der Waals surface area contributed by atoms with Gasteiger partial charge in [0.05, 0.1) is 6.20 Å². The van der Waals surface area contributed by atoms with Gasteiger partial charge in [0.25, 0.3) is 0 Å². The number of nitrogens with one attached hydrogen (secondary N) is 1. The van der Waals surface area contributed by atoms with Gasteiger partial charge in [0.2, 0.25) is 0 Å². The first-order valence-corrected chi connectivity index (χ1v) is 10.7. The van der Waals surface area contributed by atoms with Gasteiger partial charge in [-0.25, -0.2) is 0 Å². The van der Waals surface area contributed by atoms with Gasteiger partial charge in [-0.2, -0.15) is 8.78 Å². The number of pyridine rings is 1. The van der Waals surface area contributed by atoms with Crippen molar-refractivity contribution in [2.24, 2.45) is 17.6 Å². The van der Waals surface area contributed by atoms with Crippen molar-refractivity contribution in [1.29, 1.82) is 5.41 Å². The van der Waals surface area contributed by atoms with Gasteiger partial charge in [-0.3, -0.25) is 4.98 Å². The van der Waals surface area contributed by atoms with Crippen LogP contribution in [0.2, 0.25) is 0 Å². The fourth-order valence-electron chi connectivity index (χ4n) is 4.35. The Morgan fingerprint density at radius 2 is 1.97 bits per heavy atom. The normalized spacial score (nSPS) is 16.2. The molecule has 2 aromatic rings. The third-order valence-electron chi connectivity index (χ3n) is 6.42. The van der Waals surface area contributed by atoms with E-state index in [-0.39, 0.29) is 11.7 Å². The van der Waals surface area contributed by atoms with Crippen LogP contribution in [0.25, 0.3) is 0 Å². The standard InChI is InChI=1S/C24H31F2N3O/c1-3-17(18-5-4-6-18)11-22(19-9-7-16(13-27)8-10-19)23(28)21-12-20(30-24(25)26)14-29-15(21)2/h7-10,12,14,17-18,22,24,28H,3-6,11,13,27H2,1-2H3. The van der Waals surface area contributed by atoms with Crippen LogP contribution in [-0.2, 0) is 6.54 Å². The molecule has 1 aromatic carbocycles. The summed E-state index contributed by atoms with van der Waals surface area (Å²) < 4.78 is 29.9. The zero-order chi connectivity index (χ0) is 21.7. The van der Waals surface area contributed by atoms with Crippen LogP contribution in [0.4, 0.5) is 8.78 Å². The molecule has 4 nitrogen and oxygen atoms in total. The molecule has 1 aliphatic carbocycles. The number of nitrogens with zero attached hydrogens (tertiary/aromatic N) is 1. The molecule has 0 amide bonds. The minimum absolute atomic E-state index is 0.0152. The highest BCUT2D eigenvalue weighted by molar-refractivity contribution is 6.04. The van der Waals surface area contributed by atoms with Crippen molar-refractivity contribution in [2.75, 3.05) is 0 Å². The number of rotatable bonds is 10. The summed E-state index contributed by atoms with van der Waals surface area (Å²) in [7, 11) is 0. The number of nitrogens with two attached hydrogens (primary N) is 1. The molecule has 162 valence electrons. The van der Waals surface area contributed by atoms with Gasteiger partial charge in [0, 0.05) is 29.4 Å². The van der Waals surface area contributed by atoms with E-state index in [4.69, 9.17) is 11.1 Å². The first kappa shape index (κ1) is 22.3. The van der Waals surface area contributed by atoms with E-state index in [2.05, 4.69) is 16.6 Å². The zero-order valence-electron chi connectivity index (χ0n) is 17.7. The largest absolute Gasteiger partial charge is 0.433 e. The van der Waals surface area contributed by atoms with E-state index in [1.165, 1.54) is 31.5 Å². The van der Waals surface area contributed by atoms with Crippen molar-refractivity contribution in [3.05, 3.63) is 58.9 Å². The van der Waals surface area contributed by atoms with Crippen molar-refractivity contribution >= 4 is 5.71 Å². The summed E-state index contributed by atoms with van der Waals surface area (Å²) in [5.74, 6) is 1.09. The second-order valence-corrected chi connectivity index (χ2v) is 8.19. The van der Waals surface area contributed by atoms with Gasteiger partial charge in [0.15, 0.2) is 0 Å². The first-order chi connectivity index (χ1) is 14.4. The fourth-order valence-corrected chi connectivity index (χ4v) is 4.35. The second kappa shape index (κ2) is 10.1. The van der Waals surface area contributed by atoms with Gasteiger partial charge in [-0.15, -0.1) is 0 Å². The Labute approximate surface area is 177 Å². The fraction of sp³-hybridized carbons (Fsp3) is 0.500. The Bertz CT molecular complexity index is 850. The molecule has 0 spiro atoms. The van der Waals surface area contributed by atoms with Crippen LogP contribution in [0, 0.1) is 24.2 Å². The predicted molar refractivity (Wildman–Crippen MR) is 115 cm³/mol. The van der Waals surface area contributed by atoms with Crippen molar-refractivity contribution < 1.29 is 13.5 Å². The van der Waals surface area contributed by atoms with Crippen LogP contribution in [0.5, 0.6) is 5.75 Å². The number of hydrogen-bond acceptors (Lipinski definition) is 4. The number of ether oxygens (including phenoxy) is 1. The molecule has 1 saturated carbocycles. The summed E-state index contributed by atoms with van der Waals surface area (Å²) in [6.45, 7) is 1.57. The first-order valence-electron chi connectivity index (χ1n) is 10.7. The third-order valence-corrected chi connectivity index (χ3v) is 6.42. The topological polar surface area (TPSA) is 72.0 Å². The Balaban J connectivity index is 1.94. The smallest absolute Gasteiger partial charge is 0.387 e.